The third-order valence-corrected chi connectivity index (χ3v) is 4.60. The Morgan fingerprint density at radius 3 is 3.13 bits per heavy atom. The minimum atomic E-state index is 0.187. The van der Waals surface area contributed by atoms with Gasteiger partial charge in [0, 0.05) is 25.1 Å². The van der Waals surface area contributed by atoms with Crippen LogP contribution in [-0.2, 0) is 13.0 Å². The molecule has 1 atom stereocenters. The van der Waals surface area contributed by atoms with Gasteiger partial charge in [0.2, 0.25) is 0 Å². The fourth-order valence-corrected chi connectivity index (χ4v) is 3.29. The summed E-state index contributed by atoms with van der Waals surface area (Å²) < 4.78 is 8.09. The van der Waals surface area contributed by atoms with Crippen molar-refractivity contribution in [2.45, 2.75) is 38.8 Å². The molecular formula is C18H22N4O. The van der Waals surface area contributed by atoms with Crippen LogP contribution in [0, 0.1) is 0 Å². The van der Waals surface area contributed by atoms with Crippen LogP contribution in [0.2, 0.25) is 0 Å². The summed E-state index contributed by atoms with van der Waals surface area (Å²) >= 11 is 0. The molecule has 4 rings (SSSR count). The third kappa shape index (κ3) is 2.88. The van der Waals surface area contributed by atoms with Gasteiger partial charge in [-0.3, -0.25) is 0 Å². The fraction of sp³-hybridized carbons (Fsp3) is 0.444. The number of rotatable bonds is 4. The lowest BCUT2D eigenvalue weighted by atomic mass is 10.1. The number of nitrogens with one attached hydrogen (secondary N) is 1. The van der Waals surface area contributed by atoms with E-state index in [2.05, 4.69) is 39.1 Å². The number of hydrogen-bond donors (Lipinski definition) is 1. The summed E-state index contributed by atoms with van der Waals surface area (Å²) in [6, 6.07) is 8.34. The number of benzene rings is 1. The first-order chi connectivity index (χ1) is 11.3. The monoisotopic (exact) mass is 310 g/mol. The van der Waals surface area contributed by atoms with Gasteiger partial charge < -0.3 is 14.6 Å². The molecule has 0 radical (unpaired) electrons. The standard InChI is InChI=1S/C18H22N4O/c1-13(18-21-20-17-8-4-5-9-22(17)18)19-11-14-10-15-6-2-3-7-16(15)23-12-14/h2-3,6-7,10,13,19H,4-5,8-9,11-12H2,1H3. The van der Waals surface area contributed by atoms with Gasteiger partial charge in [0.25, 0.3) is 0 Å². The van der Waals surface area contributed by atoms with Crippen LogP contribution in [0.25, 0.3) is 6.08 Å². The van der Waals surface area contributed by atoms with E-state index in [1.807, 2.05) is 18.2 Å². The summed E-state index contributed by atoms with van der Waals surface area (Å²) in [4.78, 5) is 0. The summed E-state index contributed by atoms with van der Waals surface area (Å²) in [5.41, 5.74) is 2.41. The largest absolute Gasteiger partial charge is 0.489 e. The van der Waals surface area contributed by atoms with Gasteiger partial charge in [0.1, 0.15) is 24.0 Å². The Balaban J connectivity index is 1.43. The molecule has 0 saturated carbocycles. The van der Waals surface area contributed by atoms with Crippen molar-refractivity contribution in [3.8, 4) is 5.75 Å². The van der Waals surface area contributed by atoms with Gasteiger partial charge in [-0.1, -0.05) is 18.2 Å². The van der Waals surface area contributed by atoms with E-state index in [4.69, 9.17) is 4.74 Å². The Labute approximate surface area is 136 Å². The Hall–Kier alpha value is -2.14. The van der Waals surface area contributed by atoms with E-state index in [1.165, 1.54) is 18.4 Å². The molecule has 0 bridgehead atoms. The van der Waals surface area contributed by atoms with E-state index in [9.17, 15) is 0 Å². The van der Waals surface area contributed by atoms with Crippen molar-refractivity contribution >= 4 is 6.08 Å². The smallest absolute Gasteiger partial charge is 0.149 e. The number of nitrogens with zero attached hydrogens (tertiary/aromatic N) is 3. The second kappa shape index (κ2) is 6.16. The molecule has 5 nitrogen and oxygen atoms in total. The fourth-order valence-electron chi connectivity index (χ4n) is 3.29. The molecule has 0 spiro atoms. The highest BCUT2D eigenvalue weighted by Gasteiger charge is 2.20. The molecule has 1 aromatic carbocycles. The first-order valence-electron chi connectivity index (χ1n) is 8.38. The van der Waals surface area contributed by atoms with Crippen molar-refractivity contribution in [3.63, 3.8) is 0 Å². The SMILES string of the molecule is CC(NCC1=Cc2ccccc2OC1)c1nnc2n1CCCC2. The normalized spacial score (nSPS) is 17.7. The number of aromatic nitrogens is 3. The average molecular weight is 310 g/mol. The number of ether oxygens (including phenoxy) is 1. The van der Waals surface area contributed by atoms with E-state index in [0.29, 0.717) is 6.61 Å². The Morgan fingerprint density at radius 1 is 1.26 bits per heavy atom. The van der Waals surface area contributed by atoms with Gasteiger partial charge in [-0.15, -0.1) is 10.2 Å². The Bertz CT molecular complexity index is 734. The first kappa shape index (κ1) is 14.5. The third-order valence-electron chi connectivity index (χ3n) is 4.60. The average Bonchev–Trinajstić information content (AvgIpc) is 3.03. The second-order valence-electron chi connectivity index (χ2n) is 6.31. The molecule has 23 heavy (non-hydrogen) atoms. The summed E-state index contributed by atoms with van der Waals surface area (Å²) in [5.74, 6) is 3.15. The molecule has 0 saturated heterocycles. The van der Waals surface area contributed by atoms with Gasteiger partial charge in [-0.2, -0.15) is 0 Å². The molecule has 5 heteroatoms. The molecule has 0 fully saturated rings. The first-order valence-corrected chi connectivity index (χ1v) is 8.38. The maximum Gasteiger partial charge on any atom is 0.149 e. The highest BCUT2D eigenvalue weighted by molar-refractivity contribution is 5.62. The lowest BCUT2D eigenvalue weighted by Crippen LogP contribution is -2.27. The van der Waals surface area contributed by atoms with Crippen molar-refractivity contribution in [1.82, 2.24) is 20.1 Å². The van der Waals surface area contributed by atoms with Crippen molar-refractivity contribution in [1.29, 1.82) is 0 Å². The molecule has 120 valence electrons. The van der Waals surface area contributed by atoms with Crippen LogP contribution in [0.3, 0.4) is 0 Å². The second-order valence-corrected chi connectivity index (χ2v) is 6.31. The summed E-state index contributed by atoms with van der Waals surface area (Å²) in [6.45, 7) is 4.65. The minimum Gasteiger partial charge on any atom is -0.489 e. The summed E-state index contributed by atoms with van der Waals surface area (Å²) in [6.07, 6.45) is 5.72. The van der Waals surface area contributed by atoms with Crippen LogP contribution >= 0.6 is 0 Å². The predicted octanol–water partition coefficient (Wildman–Crippen LogP) is 2.74. The molecule has 2 aliphatic rings. The molecule has 0 aliphatic carbocycles. The number of hydrogen-bond acceptors (Lipinski definition) is 4. The van der Waals surface area contributed by atoms with E-state index >= 15 is 0 Å². The van der Waals surface area contributed by atoms with Crippen LogP contribution in [0.5, 0.6) is 5.75 Å². The zero-order valence-corrected chi connectivity index (χ0v) is 13.5. The lowest BCUT2D eigenvalue weighted by molar-refractivity contribution is 0.341. The number of fused-ring (bicyclic) bond motifs is 2. The molecule has 3 heterocycles. The highest BCUT2D eigenvalue weighted by Crippen LogP contribution is 2.26. The van der Waals surface area contributed by atoms with E-state index in [-0.39, 0.29) is 6.04 Å². The van der Waals surface area contributed by atoms with Gasteiger partial charge in [0.05, 0.1) is 6.04 Å². The molecule has 2 aliphatic heterocycles. The topological polar surface area (TPSA) is 52.0 Å². The highest BCUT2D eigenvalue weighted by atomic mass is 16.5. The number of aryl methyl sites for hydroxylation is 1. The molecule has 1 unspecified atom stereocenters. The Kier molecular flexibility index (Phi) is 3.87. The van der Waals surface area contributed by atoms with E-state index in [1.54, 1.807) is 0 Å². The molecule has 1 aromatic heterocycles. The van der Waals surface area contributed by atoms with Gasteiger partial charge in [-0.05, 0) is 37.5 Å². The van der Waals surface area contributed by atoms with Crippen molar-refractivity contribution in [2.75, 3.05) is 13.2 Å². The van der Waals surface area contributed by atoms with Crippen LogP contribution in [0.15, 0.2) is 29.8 Å². The van der Waals surface area contributed by atoms with Crippen LogP contribution in [0.1, 0.15) is 43.0 Å². The zero-order valence-electron chi connectivity index (χ0n) is 13.5. The minimum absolute atomic E-state index is 0.187. The van der Waals surface area contributed by atoms with Crippen LogP contribution in [0.4, 0.5) is 0 Å². The quantitative estimate of drug-likeness (QED) is 0.943. The predicted molar refractivity (Wildman–Crippen MR) is 89.3 cm³/mol. The van der Waals surface area contributed by atoms with Gasteiger partial charge >= 0.3 is 0 Å². The zero-order chi connectivity index (χ0) is 15.6. The van der Waals surface area contributed by atoms with Crippen molar-refractivity contribution in [2.24, 2.45) is 0 Å². The Morgan fingerprint density at radius 2 is 2.17 bits per heavy atom. The molecule has 0 amide bonds. The van der Waals surface area contributed by atoms with Gasteiger partial charge in [0.15, 0.2) is 0 Å². The van der Waals surface area contributed by atoms with Crippen molar-refractivity contribution < 1.29 is 4.74 Å². The maximum atomic E-state index is 5.81. The molecule has 2 aromatic rings. The van der Waals surface area contributed by atoms with Crippen LogP contribution < -0.4 is 10.1 Å². The van der Waals surface area contributed by atoms with E-state index < -0.39 is 0 Å². The van der Waals surface area contributed by atoms with Crippen LogP contribution in [-0.4, -0.2) is 27.9 Å². The lowest BCUT2D eigenvalue weighted by Gasteiger charge is -2.21. The summed E-state index contributed by atoms with van der Waals surface area (Å²) in [5, 5.41) is 12.3. The summed E-state index contributed by atoms with van der Waals surface area (Å²) in [7, 11) is 0. The molecular weight excluding hydrogens is 288 g/mol. The maximum absolute atomic E-state index is 5.81. The number of para-hydroxylation sites is 1. The van der Waals surface area contributed by atoms with E-state index in [0.717, 1.165) is 42.5 Å². The van der Waals surface area contributed by atoms with Crippen molar-refractivity contribution in [3.05, 3.63) is 47.1 Å². The van der Waals surface area contributed by atoms with Gasteiger partial charge in [-0.25, -0.2) is 0 Å². The molecule has 1 N–H and O–H groups in total.